The van der Waals surface area contributed by atoms with E-state index in [-0.39, 0.29) is 26.7 Å². The minimum absolute atomic E-state index is 0.0219. The van der Waals surface area contributed by atoms with Crippen LogP contribution in [0.4, 0.5) is 10.1 Å². The minimum atomic E-state index is -4.07. The molecule has 0 aliphatic heterocycles. The number of para-hydroxylation sites is 1. The predicted octanol–water partition coefficient (Wildman–Crippen LogP) is 3.35. The third kappa shape index (κ3) is 4.94. The Morgan fingerprint density at radius 1 is 0.767 bits per heavy atom. The number of nitrogens with one attached hydrogen (secondary N) is 3. The quantitative estimate of drug-likeness (QED) is 0.521. The lowest BCUT2D eigenvalue weighted by atomic mass is 10.2. The van der Waals surface area contributed by atoms with Crippen LogP contribution in [0.15, 0.2) is 77.7 Å². The van der Waals surface area contributed by atoms with Crippen molar-refractivity contribution in [1.82, 2.24) is 10.9 Å². The first kappa shape index (κ1) is 21.3. The zero-order chi connectivity index (χ0) is 21.7. The average Bonchev–Trinajstić information content (AvgIpc) is 2.72. The summed E-state index contributed by atoms with van der Waals surface area (Å²) in [5.41, 5.74) is 4.54. The molecule has 0 heterocycles. The van der Waals surface area contributed by atoms with Crippen LogP contribution in [-0.4, -0.2) is 20.2 Å². The summed E-state index contributed by atoms with van der Waals surface area (Å²) < 4.78 is 40.4. The molecule has 0 aromatic heterocycles. The molecule has 0 saturated heterocycles. The van der Waals surface area contributed by atoms with Crippen LogP contribution in [0.2, 0.25) is 5.02 Å². The van der Waals surface area contributed by atoms with Gasteiger partial charge in [0.25, 0.3) is 21.8 Å². The van der Waals surface area contributed by atoms with Gasteiger partial charge >= 0.3 is 0 Å². The maximum absolute atomic E-state index is 13.1. The van der Waals surface area contributed by atoms with Crippen LogP contribution in [0.5, 0.6) is 0 Å². The molecule has 0 atom stereocenters. The Kier molecular flexibility index (Phi) is 6.34. The van der Waals surface area contributed by atoms with Gasteiger partial charge in [-0.3, -0.25) is 25.2 Å². The summed E-state index contributed by atoms with van der Waals surface area (Å²) in [6.45, 7) is 0. The lowest BCUT2D eigenvalue weighted by Gasteiger charge is -2.13. The second-order valence-corrected chi connectivity index (χ2v) is 8.08. The molecule has 0 spiro atoms. The molecule has 7 nitrogen and oxygen atoms in total. The standard InChI is InChI=1S/C20H15ClFN3O4S/c21-17-7-3-1-5-15(17)19(26)23-24-20(27)16-6-2-4-8-18(16)25-30(28,29)14-11-9-13(22)10-12-14/h1-12,25H,(H,23,26)(H,24,27). The van der Waals surface area contributed by atoms with Gasteiger partial charge in [0.2, 0.25) is 0 Å². The fourth-order valence-corrected chi connectivity index (χ4v) is 3.78. The van der Waals surface area contributed by atoms with Gasteiger partial charge in [0.05, 0.1) is 26.7 Å². The molecule has 3 rings (SSSR count). The number of hydrazine groups is 1. The summed E-state index contributed by atoms with van der Waals surface area (Å²) in [6, 6.07) is 16.3. The van der Waals surface area contributed by atoms with Crippen LogP contribution >= 0.6 is 11.6 Å². The Morgan fingerprint density at radius 3 is 1.93 bits per heavy atom. The van der Waals surface area contributed by atoms with Crippen LogP contribution in [0.25, 0.3) is 0 Å². The topological polar surface area (TPSA) is 104 Å². The van der Waals surface area contributed by atoms with Crippen molar-refractivity contribution in [2.24, 2.45) is 0 Å². The van der Waals surface area contributed by atoms with E-state index in [2.05, 4.69) is 15.6 Å². The summed E-state index contributed by atoms with van der Waals surface area (Å²) >= 11 is 5.94. The maximum atomic E-state index is 13.1. The molecule has 0 unspecified atom stereocenters. The maximum Gasteiger partial charge on any atom is 0.271 e. The summed E-state index contributed by atoms with van der Waals surface area (Å²) in [5, 5.41) is 0.205. The van der Waals surface area contributed by atoms with E-state index >= 15 is 0 Å². The Hall–Kier alpha value is -3.43. The largest absolute Gasteiger partial charge is 0.279 e. The molecule has 0 aliphatic carbocycles. The summed E-state index contributed by atoms with van der Waals surface area (Å²) in [4.78, 5) is 24.5. The molecule has 0 aliphatic rings. The van der Waals surface area contributed by atoms with Gasteiger partial charge in [0.1, 0.15) is 5.82 Å². The first-order valence-electron chi connectivity index (χ1n) is 8.50. The third-order valence-electron chi connectivity index (χ3n) is 3.95. The Balaban J connectivity index is 1.76. The van der Waals surface area contributed by atoms with E-state index in [1.54, 1.807) is 12.1 Å². The number of amides is 2. The number of carbonyl (C=O) groups excluding carboxylic acids is 2. The number of carbonyl (C=O) groups is 2. The Morgan fingerprint density at radius 2 is 1.30 bits per heavy atom. The number of benzene rings is 3. The number of hydrogen-bond acceptors (Lipinski definition) is 4. The van der Waals surface area contributed by atoms with Crippen molar-refractivity contribution in [3.05, 3.63) is 94.8 Å². The van der Waals surface area contributed by atoms with Crippen molar-refractivity contribution in [2.45, 2.75) is 4.90 Å². The fourth-order valence-electron chi connectivity index (χ4n) is 2.48. The van der Waals surface area contributed by atoms with Gasteiger partial charge in [-0.2, -0.15) is 0 Å². The average molecular weight is 448 g/mol. The molecule has 3 aromatic carbocycles. The highest BCUT2D eigenvalue weighted by atomic mass is 35.5. The van der Waals surface area contributed by atoms with E-state index in [0.29, 0.717) is 0 Å². The molecule has 10 heteroatoms. The van der Waals surface area contributed by atoms with Crippen LogP contribution < -0.4 is 15.6 Å². The van der Waals surface area contributed by atoms with Crippen LogP contribution in [0.3, 0.4) is 0 Å². The summed E-state index contributed by atoms with van der Waals surface area (Å²) in [7, 11) is -4.07. The minimum Gasteiger partial charge on any atom is -0.279 e. The SMILES string of the molecule is O=C(NNC(=O)c1ccccc1NS(=O)(=O)c1ccc(F)cc1)c1ccccc1Cl. The highest BCUT2D eigenvalue weighted by molar-refractivity contribution is 7.92. The van der Waals surface area contributed by atoms with E-state index in [9.17, 15) is 22.4 Å². The van der Waals surface area contributed by atoms with E-state index in [4.69, 9.17) is 11.6 Å². The molecular weight excluding hydrogens is 433 g/mol. The third-order valence-corrected chi connectivity index (χ3v) is 5.66. The second-order valence-electron chi connectivity index (χ2n) is 5.99. The van der Waals surface area contributed by atoms with E-state index in [1.807, 2.05) is 0 Å². The van der Waals surface area contributed by atoms with E-state index in [0.717, 1.165) is 24.3 Å². The molecule has 154 valence electrons. The molecule has 0 saturated carbocycles. The number of rotatable bonds is 5. The lowest BCUT2D eigenvalue weighted by molar-refractivity contribution is 0.0847. The first-order chi connectivity index (χ1) is 14.3. The van der Waals surface area contributed by atoms with Crippen LogP contribution in [0, 0.1) is 5.82 Å². The van der Waals surface area contributed by atoms with Crippen LogP contribution in [0.1, 0.15) is 20.7 Å². The number of halogens is 2. The first-order valence-corrected chi connectivity index (χ1v) is 10.4. The Bertz CT molecular complexity index is 1200. The van der Waals surface area contributed by atoms with Crippen LogP contribution in [-0.2, 0) is 10.0 Å². The Labute approximate surface area is 176 Å². The highest BCUT2D eigenvalue weighted by Crippen LogP contribution is 2.20. The molecule has 3 N–H and O–H groups in total. The summed E-state index contributed by atoms with van der Waals surface area (Å²) in [6.07, 6.45) is 0. The zero-order valence-corrected chi connectivity index (χ0v) is 16.8. The van der Waals surface area contributed by atoms with Crippen molar-refractivity contribution in [1.29, 1.82) is 0 Å². The van der Waals surface area contributed by atoms with Gasteiger partial charge in [0.15, 0.2) is 0 Å². The van der Waals surface area contributed by atoms with Crippen molar-refractivity contribution >= 4 is 39.1 Å². The molecule has 30 heavy (non-hydrogen) atoms. The van der Waals surface area contributed by atoms with Gasteiger partial charge in [-0.05, 0) is 48.5 Å². The van der Waals surface area contributed by atoms with Gasteiger partial charge in [0, 0.05) is 0 Å². The molecule has 0 radical (unpaired) electrons. The van der Waals surface area contributed by atoms with Gasteiger partial charge in [-0.25, -0.2) is 12.8 Å². The molecule has 2 amide bonds. The monoisotopic (exact) mass is 447 g/mol. The molecule has 3 aromatic rings. The van der Waals surface area contributed by atoms with E-state index < -0.39 is 27.7 Å². The van der Waals surface area contributed by atoms with E-state index in [1.165, 1.54) is 36.4 Å². The molecule has 0 fully saturated rings. The van der Waals surface area contributed by atoms with Crippen molar-refractivity contribution < 1.29 is 22.4 Å². The smallest absolute Gasteiger partial charge is 0.271 e. The van der Waals surface area contributed by atoms with Gasteiger partial charge < -0.3 is 0 Å². The lowest BCUT2D eigenvalue weighted by Crippen LogP contribution is -2.42. The molecule has 0 bridgehead atoms. The van der Waals surface area contributed by atoms with Gasteiger partial charge in [-0.15, -0.1) is 0 Å². The molecular formula is C20H15ClFN3O4S. The van der Waals surface area contributed by atoms with Crippen molar-refractivity contribution in [3.8, 4) is 0 Å². The fraction of sp³-hybridized carbons (Fsp3) is 0. The van der Waals surface area contributed by atoms with Crippen molar-refractivity contribution in [3.63, 3.8) is 0 Å². The van der Waals surface area contributed by atoms with Crippen molar-refractivity contribution in [2.75, 3.05) is 4.72 Å². The zero-order valence-electron chi connectivity index (χ0n) is 15.2. The number of hydrogen-bond donors (Lipinski definition) is 3. The summed E-state index contributed by atoms with van der Waals surface area (Å²) in [5.74, 6) is -1.98. The van der Waals surface area contributed by atoms with Gasteiger partial charge in [-0.1, -0.05) is 35.9 Å². The number of sulfonamides is 1. The second kappa shape index (κ2) is 8.93. The highest BCUT2D eigenvalue weighted by Gasteiger charge is 2.19. The predicted molar refractivity (Wildman–Crippen MR) is 110 cm³/mol. The normalized spacial score (nSPS) is 10.9. The number of anilines is 1.